The third kappa shape index (κ3) is 9.46. The summed E-state index contributed by atoms with van der Waals surface area (Å²) in [5.74, 6) is -1.36. The minimum atomic E-state index is -3.94. The van der Waals surface area contributed by atoms with Crippen LogP contribution in [0.5, 0.6) is 11.5 Å². The summed E-state index contributed by atoms with van der Waals surface area (Å²) in [6.45, 7) is 9.65. The fraction of sp³-hybridized carbons (Fsp3) is 0.447. The van der Waals surface area contributed by atoms with Gasteiger partial charge in [0.2, 0.25) is 21.8 Å². The van der Waals surface area contributed by atoms with Crippen LogP contribution in [0.4, 0.5) is 4.79 Å². The predicted octanol–water partition coefficient (Wildman–Crippen LogP) is 3.17. The molecule has 1 aliphatic heterocycles. The van der Waals surface area contributed by atoms with Crippen LogP contribution in [-0.4, -0.2) is 96.9 Å². The fourth-order valence-electron chi connectivity index (χ4n) is 6.13. The molecule has 1 saturated carbocycles. The molecule has 2 aromatic carbocycles. The van der Waals surface area contributed by atoms with Gasteiger partial charge in [-0.15, -0.1) is 6.58 Å². The van der Waals surface area contributed by atoms with Gasteiger partial charge in [-0.1, -0.05) is 36.4 Å². The molecule has 1 saturated heterocycles. The highest BCUT2D eigenvalue weighted by Crippen LogP contribution is 2.35. The van der Waals surface area contributed by atoms with E-state index in [1.54, 1.807) is 52.1 Å². The number of nitrogens with zero attached hydrogens (tertiary/aromatic N) is 2. The third-order valence-electron chi connectivity index (χ3n) is 9.07. The summed E-state index contributed by atoms with van der Waals surface area (Å²) in [5, 5.41) is 5.16. The lowest BCUT2D eigenvalue weighted by molar-refractivity contribution is -0.141. The van der Waals surface area contributed by atoms with Crippen molar-refractivity contribution in [1.82, 2.24) is 25.2 Å². The maximum Gasteiger partial charge on any atom is 0.408 e. The Morgan fingerprint density at radius 3 is 2.39 bits per heavy atom. The van der Waals surface area contributed by atoms with Crippen LogP contribution in [0.15, 0.2) is 67.3 Å². The third-order valence-corrected chi connectivity index (χ3v) is 10.9. The van der Waals surface area contributed by atoms with Gasteiger partial charge in [-0.05, 0) is 59.1 Å². The monoisotopic (exact) mass is 764 g/mol. The molecule has 2 fully saturated rings. The SMILES string of the molecule is C=CCC(C)(NC(=O)C1CC(Oc2cc(-c3ccccc3)nc3cc(OC)ccc23)CN1C(=O)C(CN)NC(=O)OC(C)(C)C)C(=O)NS(=O)(=O)C1CC1. The van der Waals surface area contributed by atoms with Crippen LogP contribution in [-0.2, 0) is 29.1 Å². The highest BCUT2D eigenvalue weighted by atomic mass is 32.2. The molecule has 0 bridgehead atoms. The number of aromatic nitrogens is 1. The van der Waals surface area contributed by atoms with Gasteiger partial charge in [-0.2, -0.15) is 0 Å². The smallest absolute Gasteiger partial charge is 0.408 e. The molecule has 0 radical (unpaired) electrons. The highest BCUT2D eigenvalue weighted by Gasteiger charge is 2.47. The van der Waals surface area contributed by atoms with E-state index in [1.165, 1.54) is 17.9 Å². The summed E-state index contributed by atoms with van der Waals surface area (Å²) in [7, 11) is -2.39. The topological polar surface area (TPSA) is 208 Å². The lowest BCUT2D eigenvalue weighted by atomic mass is 9.96. The Labute approximate surface area is 315 Å². The largest absolute Gasteiger partial charge is 0.497 e. The standard InChI is InChI=1S/C38H48N6O9S/c1-7-17-38(5,35(47)43-54(49,50)26-14-15-26)42-33(45)31-19-25(22-44(31)34(46)30(21-39)41-36(48)53-37(2,3)4)52-32-20-28(23-11-9-8-10-12-23)40-29-18-24(51-6)13-16-27(29)32/h7-13,16,18,20,25-26,30-31H,1,14-15,17,19,21-22,39H2,2-6H3,(H,41,48)(H,42,45)(H,43,47). The van der Waals surface area contributed by atoms with Crippen molar-refractivity contribution in [3.63, 3.8) is 0 Å². The second-order valence-electron chi connectivity index (χ2n) is 14.7. The number of nitrogens with one attached hydrogen (secondary N) is 3. The Hall–Kier alpha value is -5.22. The minimum absolute atomic E-state index is 0.0336. The summed E-state index contributed by atoms with van der Waals surface area (Å²) in [6.07, 6.45) is 0.450. The Bertz CT molecular complexity index is 2020. The van der Waals surface area contributed by atoms with E-state index in [0.717, 1.165) is 5.56 Å². The molecule has 5 N–H and O–H groups in total. The summed E-state index contributed by atoms with van der Waals surface area (Å²) in [5.41, 5.74) is 5.39. The van der Waals surface area contributed by atoms with E-state index in [1.807, 2.05) is 30.3 Å². The first-order chi connectivity index (χ1) is 25.5. The van der Waals surface area contributed by atoms with Gasteiger partial charge in [-0.3, -0.25) is 19.1 Å². The number of pyridine rings is 1. The molecule has 15 nitrogen and oxygen atoms in total. The molecule has 2 heterocycles. The summed E-state index contributed by atoms with van der Waals surface area (Å²) in [6, 6.07) is 14.1. The first-order valence-electron chi connectivity index (χ1n) is 17.7. The van der Waals surface area contributed by atoms with E-state index < -0.39 is 68.4 Å². The molecule has 5 rings (SSSR count). The van der Waals surface area contributed by atoms with Gasteiger partial charge in [-0.25, -0.2) is 18.2 Å². The van der Waals surface area contributed by atoms with Crippen LogP contribution in [0.2, 0.25) is 0 Å². The molecule has 2 aliphatic rings. The van der Waals surface area contributed by atoms with Gasteiger partial charge < -0.3 is 35.5 Å². The average Bonchev–Trinajstić information content (AvgIpc) is 3.90. The van der Waals surface area contributed by atoms with E-state index in [0.29, 0.717) is 40.9 Å². The molecule has 54 heavy (non-hydrogen) atoms. The zero-order chi connectivity index (χ0) is 39.4. The zero-order valence-corrected chi connectivity index (χ0v) is 31.9. The van der Waals surface area contributed by atoms with Crippen molar-refractivity contribution < 1.29 is 41.8 Å². The van der Waals surface area contributed by atoms with Crippen molar-refractivity contribution in [1.29, 1.82) is 0 Å². The van der Waals surface area contributed by atoms with Gasteiger partial charge in [0, 0.05) is 36.0 Å². The molecular formula is C38H48N6O9S. The number of sulfonamides is 1. The Morgan fingerprint density at radius 2 is 1.78 bits per heavy atom. The average molecular weight is 765 g/mol. The van der Waals surface area contributed by atoms with Crippen LogP contribution in [0, 0.1) is 0 Å². The Kier molecular flexibility index (Phi) is 11.9. The maximum atomic E-state index is 14.2. The molecule has 3 aromatic rings. The molecule has 1 aliphatic carbocycles. The Morgan fingerprint density at radius 1 is 1.07 bits per heavy atom. The second-order valence-corrected chi connectivity index (χ2v) is 16.6. The number of amides is 4. The van der Waals surface area contributed by atoms with Crippen LogP contribution < -0.4 is 30.6 Å². The van der Waals surface area contributed by atoms with Crippen molar-refractivity contribution in [2.45, 2.75) is 88.0 Å². The van der Waals surface area contributed by atoms with Crippen molar-refractivity contribution in [2.24, 2.45) is 5.73 Å². The number of likely N-dealkylation sites (tertiary alicyclic amines) is 1. The molecule has 4 atom stereocenters. The lowest BCUT2D eigenvalue weighted by Gasteiger charge is -2.33. The van der Waals surface area contributed by atoms with E-state index >= 15 is 0 Å². The van der Waals surface area contributed by atoms with Crippen LogP contribution in [0.1, 0.15) is 53.4 Å². The van der Waals surface area contributed by atoms with Crippen molar-refractivity contribution in [3.8, 4) is 22.8 Å². The summed E-state index contributed by atoms with van der Waals surface area (Å²) in [4.78, 5) is 60.6. The van der Waals surface area contributed by atoms with Gasteiger partial charge in [0.15, 0.2) is 0 Å². The number of carbonyl (C=O) groups is 4. The van der Waals surface area contributed by atoms with Gasteiger partial charge >= 0.3 is 6.09 Å². The minimum Gasteiger partial charge on any atom is -0.497 e. The molecule has 4 amide bonds. The zero-order valence-electron chi connectivity index (χ0n) is 31.1. The highest BCUT2D eigenvalue weighted by molar-refractivity contribution is 7.91. The number of alkyl carbamates (subject to hydrolysis) is 1. The summed E-state index contributed by atoms with van der Waals surface area (Å²) >= 11 is 0. The molecule has 16 heteroatoms. The van der Waals surface area contributed by atoms with Crippen LogP contribution >= 0.6 is 0 Å². The number of ether oxygens (including phenoxy) is 3. The van der Waals surface area contributed by atoms with E-state index in [-0.39, 0.29) is 25.9 Å². The molecule has 1 aromatic heterocycles. The maximum absolute atomic E-state index is 14.2. The lowest BCUT2D eigenvalue weighted by Crippen LogP contribution is -2.62. The molecule has 290 valence electrons. The molecular weight excluding hydrogens is 717 g/mol. The number of carbonyl (C=O) groups excluding carboxylic acids is 4. The van der Waals surface area contributed by atoms with Crippen molar-refractivity contribution in [3.05, 3.63) is 67.3 Å². The number of benzene rings is 2. The normalized spacial score (nSPS) is 18.9. The summed E-state index contributed by atoms with van der Waals surface area (Å²) < 4.78 is 44.8. The Balaban J connectivity index is 1.48. The predicted molar refractivity (Wildman–Crippen MR) is 202 cm³/mol. The van der Waals surface area contributed by atoms with Crippen molar-refractivity contribution in [2.75, 3.05) is 20.2 Å². The number of nitrogens with two attached hydrogens (primary N) is 1. The number of hydrogen-bond donors (Lipinski definition) is 4. The number of methoxy groups -OCH3 is 1. The molecule has 4 unspecified atom stereocenters. The molecule has 0 spiro atoms. The van der Waals surface area contributed by atoms with Gasteiger partial charge in [0.25, 0.3) is 5.91 Å². The number of hydrogen-bond acceptors (Lipinski definition) is 11. The van der Waals surface area contributed by atoms with E-state index in [9.17, 15) is 27.6 Å². The second kappa shape index (κ2) is 16.0. The quantitative estimate of drug-likeness (QED) is 0.175. The number of rotatable bonds is 14. The van der Waals surface area contributed by atoms with Crippen LogP contribution in [0.25, 0.3) is 22.2 Å². The van der Waals surface area contributed by atoms with E-state index in [2.05, 4.69) is 21.9 Å². The van der Waals surface area contributed by atoms with Crippen LogP contribution in [0.3, 0.4) is 0 Å². The fourth-order valence-corrected chi connectivity index (χ4v) is 7.54. The van der Waals surface area contributed by atoms with E-state index in [4.69, 9.17) is 24.9 Å². The first-order valence-corrected chi connectivity index (χ1v) is 19.2. The number of fused-ring (bicyclic) bond motifs is 1. The van der Waals surface area contributed by atoms with Crippen molar-refractivity contribution >= 4 is 44.7 Å². The first kappa shape index (κ1) is 40.0. The van der Waals surface area contributed by atoms with Gasteiger partial charge in [0.05, 0.1) is 30.1 Å². The van der Waals surface area contributed by atoms with Gasteiger partial charge in [0.1, 0.15) is 40.8 Å².